The molecule has 0 atom stereocenters. The number of aromatic nitrogens is 1. The maximum Gasteiger partial charge on any atom is 0.254 e. The first-order valence-electron chi connectivity index (χ1n) is 4.60. The van der Waals surface area contributed by atoms with E-state index in [-0.39, 0.29) is 11.1 Å². The predicted octanol–water partition coefficient (Wildman–Crippen LogP) is 1.94. The van der Waals surface area contributed by atoms with Crippen LogP contribution in [0.3, 0.4) is 0 Å². The minimum absolute atomic E-state index is 0.108. The van der Waals surface area contributed by atoms with E-state index in [1.165, 1.54) is 0 Å². The van der Waals surface area contributed by atoms with Gasteiger partial charge in [0.2, 0.25) is 0 Å². The first-order valence-corrected chi connectivity index (χ1v) is 4.98. The van der Waals surface area contributed by atoms with Crippen LogP contribution in [0.2, 0.25) is 5.15 Å². The molecule has 1 aliphatic carbocycles. The highest BCUT2D eigenvalue weighted by molar-refractivity contribution is 6.32. The van der Waals surface area contributed by atoms with Crippen LogP contribution in [-0.2, 0) is 0 Å². The summed E-state index contributed by atoms with van der Waals surface area (Å²) in [5, 5.41) is 3.17. The number of halogens is 1. The van der Waals surface area contributed by atoms with Gasteiger partial charge < -0.3 is 5.32 Å². The second-order valence-corrected chi connectivity index (χ2v) is 3.90. The van der Waals surface area contributed by atoms with Gasteiger partial charge in [-0.05, 0) is 31.4 Å². The molecule has 3 nitrogen and oxygen atoms in total. The van der Waals surface area contributed by atoms with Gasteiger partial charge in [0.25, 0.3) is 5.91 Å². The summed E-state index contributed by atoms with van der Waals surface area (Å²) in [5.74, 6) is -0.108. The van der Waals surface area contributed by atoms with Crippen LogP contribution in [0.4, 0.5) is 0 Å². The molecule has 74 valence electrons. The van der Waals surface area contributed by atoms with Crippen molar-refractivity contribution in [2.45, 2.75) is 25.8 Å². The molecule has 0 unspecified atom stereocenters. The van der Waals surface area contributed by atoms with E-state index in [0.717, 1.165) is 18.4 Å². The Bertz CT molecular complexity index is 354. The van der Waals surface area contributed by atoms with E-state index in [1.54, 1.807) is 12.3 Å². The molecule has 1 fully saturated rings. The Hall–Kier alpha value is -1.09. The van der Waals surface area contributed by atoms with Crippen LogP contribution >= 0.6 is 11.6 Å². The molecule has 1 N–H and O–H groups in total. The van der Waals surface area contributed by atoms with Crippen LogP contribution < -0.4 is 5.32 Å². The molecular formula is C10H11ClN2O. The summed E-state index contributed by atoms with van der Waals surface area (Å²) < 4.78 is 0. The number of pyridine rings is 1. The number of rotatable bonds is 2. The number of hydrogen-bond donors (Lipinski definition) is 1. The highest BCUT2D eigenvalue weighted by atomic mass is 35.5. The SMILES string of the molecule is Cc1ccnc(Cl)c1C(=O)NC1CC1. The number of nitrogens with one attached hydrogen (secondary N) is 1. The minimum Gasteiger partial charge on any atom is -0.349 e. The van der Waals surface area contributed by atoms with Crippen molar-refractivity contribution in [3.8, 4) is 0 Å². The molecule has 0 spiro atoms. The number of nitrogens with zero attached hydrogens (tertiary/aromatic N) is 1. The molecule has 2 rings (SSSR count). The van der Waals surface area contributed by atoms with Crippen LogP contribution in [0, 0.1) is 6.92 Å². The van der Waals surface area contributed by atoms with E-state index in [2.05, 4.69) is 10.3 Å². The highest BCUT2D eigenvalue weighted by Crippen LogP contribution is 2.22. The van der Waals surface area contributed by atoms with Gasteiger partial charge in [0.05, 0.1) is 5.56 Å². The van der Waals surface area contributed by atoms with Gasteiger partial charge in [0.1, 0.15) is 5.15 Å². The third-order valence-corrected chi connectivity index (χ3v) is 2.54. The monoisotopic (exact) mass is 210 g/mol. The van der Waals surface area contributed by atoms with Crippen molar-refractivity contribution < 1.29 is 4.79 Å². The summed E-state index contributed by atoms with van der Waals surface area (Å²) >= 11 is 5.86. The number of carbonyl (C=O) groups is 1. The molecule has 1 saturated carbocycles. The van der Waals surface area contributed by atoms with Gasteiger partial charge in [-0.2, -0.15) is 0 Å². The molecule has 1 heterocycles. The fraction of sp³-hybridized carbons (Fsp3) is 0.400. The first kappa shape index (κ1) is 9.46. The molecule has 1 aromatic rings. The third kappa shape index (κ3) is 1.87. The first-order chi connectivity index (χ1) is 6.68. The maximum absolute atomic E-state index is 11.7. The van der Waals surface area contributed by atoms with Gasteiger partial charge >= 0.3 is 0 Å². The topological polar surface area (TPSA) is 42.0 Å². The molecular weight excluding hydrogens is 200 g/mol. The molecule has 1 amide bonds. The number of amides is 1. The summed E-state index contributed by atoms with van der Waals surface area (Å²) in [6.07, 6.45) is 3.75. The standard InChI is InChI=1S/C10H11ClN2O/c1-6-4-5-12-9(11)8(6)10(14)13-7-2-3-7/h4-5,7H,2-3H2,1H3,(H,13,14). The second-order valence-electron chi connectivity index (χ2n) is 3.54. The van der Waals surface area contributed by atoms with Gasteiger partial charge in [-0.25, -0.2) is 4.98 Å². The Balaban J connectivity index is 2.24. The zero-order valence-electron chi connectivity index (χ0n) is 7.88. The smallest absolute Gasteiger partial charge is 0.254 e. The van der Waals surface area contributed by atoms with Crippen molar-refractivity contribution in [3.63, 3.8) is 0 Å². The number of aryl methyl sites for hydroxylation is 1. The summed E-state index contributed by atoms with van der Waals surface area (Å²) in [5.41, 5.74) is 1.37. The van der Waals surface area contributed by atoms with Crippen molar-refractivity contribution in [1.29, 1.82) is 0 Å². The normalized spacial score (nSPS) is 15.3. The highest BCUT2D eigenvalue weighted by Gasteiger charge is 2.25. The van der Waals surface area contributed by atoms with E-state index >= 15 is 0 Å². The van der Waals surface area contributed by atoms with Gasteiger partial charge in [-0.3, -0.25) is 4.79 Å². The molecule has 0 bridgehead atoms. The van der Waals surface area contributed by atoms with Crippen molar-refractivity contribution in [2.75, 3.05) is 0 Å². The molecule has 0 aliphatic heterocycles. The average Bonchev–Trinajstić information content (AvgIpc) is 2.87. The zero-order valence-corrected chi connectivity index (χ0v) is 8.64. The van der Waals surface area contributed by atoms with E-state index in [4.69, 9.17) is 11.6 Å². The lowest BCUT2D eigenvalue weighted by molar-refractivity contribution is 0.0950. The molecule has 0 aromatic carbocycles. The van der Waals surface area contributed by atoms with E-state index < -0.39 is 0 Å². The minimum atomic E-state index is -0.108. The summed E-state index contributed by atoms with van der Waals surface area (Å²) in [7, 11) is 0. The van der Waals surface area contributed by atoms with Gasteiger partial charge in [0, 0.05) is 12.2 Å². The Morgan fingerprint density at radius 1 is 1.64 bits per heavy atom. The van der Waals surface area contributed by atoms with Crippen LogP contribution in [0.15, 0.2) is 12.3 Å². The number of carbonyl (C=O) groups excluding carboxylic acids is 1. The largest absolute Gasteiger partial charge is 0.349 e. The lowest BCUT2D eigenvalue weighted by Crippen LogP contribution is -2.26. The average molecular weight is 211 g/mol. The lowest BCUT2D eigenvalue weighted by Gasteiger charge is -2.07. The maximum atomic E-state index is 11.7. The van der Waals surface area contributed by atoms with Crippen LogP contribution in [0.1, 0.15) is 28.8 Å². The van der Waals surface area contributed by atoms with E-state index in [9.17, 15) is 4.79 Å². The fourth-order valence-electron chi connectivity index (χ4n) is 1.28. The molecule has 0 radical (unpaired) electrons. The molecule has 4 heteroatoms. The molecule has 1 aliphatic rings. The summed E-state index contributed by atoms with van der Waals surface area (Å²) in [4.78, 5) is 15.6. The van der Waals surface area contributed by atoms with Crippen molar-refractivity contribution in [2.24, 2.45) is 0 Å². The van der Waals surface area contributed by atoms with Crippen molar-refractivity contribution >= 4 is 17.5 Å². The Labute approximate surface area is 87.5 Å². The Kier molecular flexibility index (Phi) is 2.42. The molecule has 14 heavy (non-hydrogen) atoms. The third-order valence-electron chi connectivity index (χ3n) is 2.25. The Morgan fingerprint density at radius 3 is 2.93 bits per heavy atom. The van der Waals surface area contributed by atoms with Gasteiger partial charge in [-0.1, -0.05) is 11.6 Å². The number of hydrogen-bond acceptors (Lipinski definition) is 2. The van der Waals surface area contributed by atoms with Gasteiger partial charge in [0.15, 0.2) is 0 Å². The van der Waals surface area contributed by atoms with Crippen molar-refractivity contribution in [3.05, 3.63) is 28.5 Å². The quantitative estimate of drug-likeness (QED) is 0.758. The van der Waals surface area contributed by atoms with Crippen LogP contribution in [0.25, 0.3) is 0 Å². The lowest BCUT2D eigenvalue weighted by atomic mass is 10.1. The zero-order chi connectivity index (χ0) is 10.1. The molecule has 0 saturated heterocycles. The second kappa shape index (κ2) is 3.58. The van der Waals surface area contributed by atoms with E-state index in [1.807, 2.05) is 6.92 Å². The molecule has 1 aromatic heterocycles. The van der Waals surface area contributed by atoms with Gasteiger partial charge in [-0.15, -0.1) is 0 Å². The predicted molar refractivity (Wildman–Crippen MR) is 54.5 cm³/mol. The Morgan fingerprint density at radius 2 is 2.36 bits per heavy atom. The van der Waals surface area contributed by atoms with Crippen LogP contribution in [0.5, 0.6) is 0 Å². The van der Waals surface area contributed by atoms with Crippen molar-refractivity contribution in [1.82, 2.24) is 10.3 Å². The fourth-order valence-corrected chi connectivity index (χ4v) is 1.57. The summed E-state index contributed by atoms with van der Waals surface area (Å²) in [6.45, 7) is 1.86. The van der Waals surface area contributed by atoms with E-state index in [0.29, 0.717) is 11.6 Å². The summed E-state index contributed by atoms with van der Waals surface area (Å²) in [6, 6.07) is 2.13. The van der Waals surface area contributed by atoms with Crippen LogP contribution in [-0.4, -0.2) is 16.9 Å².